The van der Waals surface area contributed by atoms with Crippen LogP contribution in [0.4, 0.5) is 0 Å². The zero-order chi connectivity index (χ0) is 17.8. The number of carbonyl (C=O) groups is 1. The fourth-order valence-electron chi connectivity index (χ4n) is 2.66. The molecule has 4 nitrogen and oxygen atoms in total. The van der Waals surface area contributed by atoms with Crippen molar-refractivity contribution in [3.63, 3.8) is 0 Å². The lowest BCUT2D eigenvalue weighted by atomic mass is 10.0. The Morgan fingerprint density at radius 1 is 1.12 bits per heavy atom. The van der Waals surface area contributed by atoms with Gasteiger partial charge < -0.3 is 10.5 Å². The van der Waals surface area contributed by atoms with Gasteiger partial charge in [0.15, 0.2) is 0 Å². The van der Waals surface area contributed by atoms with Crippen molar-refractivity contribution in [2.24, 2.45) is 11.7 Å². The molecular formula is C21H22N2O2. The Bertz CT molecular complexity index is 886. The number of carbonyl (C=O) groups excluding carboxylic acids is 1. The van der Waals surface area contributed by atoms with Gasteiger partial charge in [-0.3, -0.25) is 4.79 Å². The fourth-order valence-corrected chi connectivity index (χ4v) is 2.66. The minimum Gasteiger partial charge on any atom is -0.494 e. The van der Waals surface area contributed by atoms with E-state index in [1.54, 1.807) is 6.07 Å². The zero-order valence-corrected chi connectivity index (χ0v) is 14.5. The zero-order valence-electron chi connectivity index (χ0n) is 14.5. The van der Waals surface area contributed by atoms with Crippen LogP contribution in [0.1, 0.15) is 30.6 Å². The smallest absolute Gasteiger partial charge is 0.249 e. The van der Waals surface area contributed by atoms with Crippen LogP contribution < -0.4 is 10.5 Å². The summed E-state index contributed by atoms with van der Waals surface area (Å²) in [7, 11) is 0. The maximum absolute atomic E-state index is 11.8. The molecule has 25 heavy (non-hydrogen) atoms. The number of hydrogen-bond acceptors (Lipinski definition) is 3. The van der Waals surface area contributed by atoms with E-state index < -0.39 is 5.91 Å². The highest BCUT2D eigenvalue weighted by molar-refractivity contribution is 6.06. The molecule has 2 aromatic carbocycles. The van der Waals surface area contributed by atoms with Crippen LogP contribution in [0.25, 0.3) is 22.2 Å². The van der Waals surface area contributed by atoms with Crippen LogP contribution in [0.3, 0.4) is 0 Å². The van der Waals surface area contributed by atoms with Gasteiger partial charge in [-0.25, -0.2) is 4.98 Å². The Balaban J connectivity index is 1.90. The molecule has 1 heterocycles. The maximum atomic E-state index is 11.8. The highest BCUT2D eigenvalue weighted by atomic mass is 16.5. The summed E-state index contributed by atoms with van der Waals surface area (Å²) in [5, 5.41) is 0.771. The number of primary amides is 1. The molecule has 4 heteroatoms. The molecule has 0 aliphatic carbocycles. The number of nitrogens with zero attached hydrogens (tertiary/aromatic N) is 1. The van der Waals surface area contributed by atoms with Crippen molar-refractivity contribution in [2.45, 2.75) is 20.3 Å². The predicted octanol–water partition coefficient (Wildman–Crippen LogP) is 4.43. The molecule has 0 radical (unpaired) electrons. The van der Waals surface area contributed by atoms with Crippen LogP contribution in [-0.2, 0) is 0 Å². The molecule has 0 aliphatic rings. The van der Waals surface area contributed by atoms with Gasteiger partial charge in [-0.1, -0.05) is 32.0 Å². The second-order valence-corrected chi connectivity index (χ2v) is 6.49. The highest BCUT2D eigenvalue weighted by Crippen LogP contribution is 2.26. The van der Waals surface area contributed by atoms with Crippen LogP contribution in [0.5, 0.6) is 5.75 Å². The van der Waals surface area contributed by atoms with Gasteiger partial charge in [0.1, 0.15) is 5.75 Å². The van der Waals surface area contributed by atoms with E-state index in [4.69, 9.17) is 10.5 Å². The number of rotatable bonds is 6. The molecule has 1 aromatic heterocycles. The number of hydrogen-bond donors (Lipinski definition) is 1. The molecule has 2 N–H and O–H groups in total. The first kappa shape index (κ1) is 17.0. The molecule has 3 aromatic rings. The van der Waals surface area contributed by atoms with Crippen LogP contribution in [0.15, 0.2) is 54.6 Å². The first-order valence-electron chi connectivity index (χ1n) is 8.47. The Labute approximate surface area is 147 Å². The normalized spacial score (nSPS) is 11.0. The van der Waals surface area contributed by atoms with Crippen molar-refractivity contribution < 1.29 is 9.53 Å². The van der Waals surface area contributed by atoms with Crippen LogP contribution in [0.2, 0.25) is 0 Å². The molecule has 3 rings (SSSR count). The van der Waals surface area contributed by atoms with E-state index >= 15 is 0 Å². The SMILES string of the molecule is CC(C)CCOc1ccc(-c2cc(C(N)=O)c3ccccc3n2)cc1. The van der Waals surface area contributed by atoms with Crippen LogP contribution in [0, 0.1) is 5.92 Å². The van der Waals surface area contributed by atoms with Crippen molar-refractivity contribution in [3.8, 4) is 17.0 Å². The molecule has 0 unspecified atom stereocenters. The summed E-state index contributed by atoms with van der Waals surface area (Å²) >= 11 is 0. The summed E-state index contributed by atoms with van der Waals surface area (Å²) in [6.07, 6.45) is 1.02. The van der Waals surface area contributed by atoms with E-state index in [2.05, 4.69) is 18.8 Å². The van der Waals surface area contributed by atoms with Gasteiger partial charge in [0.05, 0.1) is 23.4 Å². The van der Waals surface area contributed by atoms with Crippen LogP contribution >= 0.6 is 0 Å². The van der Waals surface area contributed by atoms with Gasteiger partial charge in [-0.2, -0.15) is 0 Å². The van der Waals surface area contributed by atoms with Gasteiger partial charge in [-0.15, -0.1) is 0 Å². The van der Waals surface area contributed by atoms with E-state index in [1.165, 1.54) is 0 Å². The van der Waals surface area contributed by atoms with E-state index in [9.17, 15) is 4.79 Å². The minimum atomic E-state index is -0.450. The molecule has 0 spiro atoms. The maximum Gasteiger partial charge on any atom is 0.249 e. The summed E-state index contributed by atoms with van der Waals surface area (Å²) in [4.78, 5) is 16.5. The molecule has 0 fully saturated rings. The third-order valence-electron chi connectivity index (χ3n) is 4.10. The summed E-state index contributed by atoms with van der Waals surface area (Å²) in [6.45, 7) is 5.05. The van der Waals surface area contributed by atoms with Crippen molar-refractivity contribution >= 4 is 16.8 Å². The number of aromatic nitrogens is 1. The number of benzene rings is 2. The Morgan fingerprint density at radius 2 is 1.84 bits per heavy atom. The van der Waals surface area contributed by atoms with Crippen molar-refractivity contribution in [2.75, 3.05) is 6.61 Å². The predicted molar refractivity (Wildman–Crippen MR) is 101 cm³/mol. The van der Waals surface area contributed by atoms with Crippen molar-refractivity contribution in [3.05, 3.63) is 60.2 Å². The summed E-state index contributed by atoms with van der Waals surface area (Å²) in [5.41, 5.74) is 8.43. The standard InChI is InChI=1S/C21H22N2O2/c1-14(2)11-12-25-16-9-7-15(8-10-16)20-13-18(21(22)24)17-5-3-4-6-19(17)23-20/h3-10,13-14H,11-12H2,1-2H3,(H2,22,24). The van der Waals surface area contributed by atoms with Gasteiger partial charge >= 0.3 is 0 Å². The average molecular weight is 334 g/mol. The lowest BCUT2D eigenvalue weighted by Gasteiger charge is -2.10. The first-order valence-corrected chi connectivity index (χ1v) is 8.47. The second kappa shape index (κ2) is 7.34. The highest BCUT2D eigenvalue weighted by Gasteiger charge is 2.11. The monoisotopic (exact) mass is 334 g/mol. The summed E-state index contributed by atoms with van der Waals surface area (Å²) in [6, 6.07) is 17.0. The Hall–Kier alpha value is -2.88. The number of pyridine rings is 1. The Morgan fingerprint density at radius 3 is 2.52 bits per heavy atom. The quantitative estimate of drug-likeness (QED) is 0.725. The molecule has 0 bridgehead atoms. The molecule has 0 atom stereocenters. The average Bonchev–Trinajstić information content (AvgIpc) is 2.61. The molecule has 0 saturated heterocycles. The minimum absolute atomic E-state index is 0.450. The molecule has 0 aliphatic heterocycles. The van der Waals surface area contributed by atoms with Gasteiger partial charge in [0.2, 0.25) is 5.91 Å². The van der Waals surface area contributed by atoms with Gasteiger partial charge in [0, 0.05) is 10.9 Å². The Kier molecular flexibility index (Phi) is 4.98. The second-order valence-electron chi connectivity index (χ2n) is 6.49. The molecular weight excluding hydrogens is 312 g/mol. The van der Waals surface area contributed by atoms with Crippen molar-refractivity contribution in [1.82, 2.24) is 4.98 Å². The number of para-hydroxylation sites is 1. The third-order valence-corrected chi connectivity index (χ3v) is 4.10. The number of nitrogens with two attached hydrogens (primary N) is 1. The van der Waals surface area contributed by atoms with E-state index in [-0.39, 0.29) is 0 Å². The lowest BCUT2D eigenvalue weighted by molar-refractivity contribution is 0.100. The third kappa shape index (κ3) is 3.97. The van der Waals surface area contributed by atoms with Gasteiger partial charge in [0.25, 0.3) is 0 Å². The largest absolute Gasteiger partial charge is 0.494 e. The first-order chi connectivity index (χ1) is 12.0. The fraction of sp³-hybridized carbons (Fsp3) is 0.238. The summed E-state index contributed by atoms with van der Waals surface area (Å²) in [5.74, 6) is 1.00. The number of amides is 1. The number of fused-ring (bicyclic) bond motifs is 1. The van der Waals surface area contributed by atoms with Crippen LogP contribution in [-0.4, -0.2) is 17.5 Å². The summed E-state index contributed by atoms with van der Waals surface area (Å²) < 4.78 is 5.75. The lowest BCUT2D eigenvalue weighted by Crippen LogP contribution is -2.12. The van der Waals surface area contributed by atoms with Gasteiger partial charge in [-0.05, 0) is 48.7 Å². The van der Waals surface area contributed by atoms with Crippen molar-refractivity contribution in [1.29, 1.82) is 0 Å². The molecule has 0 saturated carbocycles. The van der Waals surface area contributed by atoms with E-state index in [0.717, 1.165) is 34.3 Å². The molecule has 128 valence electrons. The topological polar surface area (TPSA) is 65.2 Å². The number of ether oxygens (including phenoxy) is 1. The van der Waals surface area contributed by atoms with E-state index in [1.807, 2.05) is 48.5 Å². The molecule has 1 amide bonds. The van der Waals surface area contributed by atoms with E-state index in [0.29, 0.717) is 18.1 Å².